The molecule has 0 aromatic heterocycles. The Morgan fingerprint density at radius 1 is 1.15 bits per heavy atom. The maximum Gasteiger partial charge on any atom is 0.162 e. The van der Waals surface area contributed by atoms with Gasteiger partial charge in [-0.1, -0.05) is 12.8 Å². The predicted molar refractivity (Wildman–Crippen MR) is 79.5 cm³/mol. The number of ether oxygens (including phenoxy) is 1. The van der Waals surface area contributed by atoms with Crippen LogP contribution >= 0.6 is 0 Å². The van der Waals surface area contributed by atoms with Crippen molar-refractivity contribution in [2.45, 2.75) is 31.7 Å². The Bertz CT molecular complexity index is 532. The van der Waals surface area contributed by atoms with Gasteiger partial charge in [0.25, 0.3) is 0 Å². The molecule has 1 aliphatic heterocycles. The minimum Gasteiger partial charge on any atom is -0.497 e. The van der Waals surface area contributed by atoms with Gasteiger partial charge in [0, 0.05) is 30.8 Å². The topological polar surface area (TPSA) is 29.5 Å². The summed E-state index contributed by atoms with van der Waals surface area (Å²) in [6, 6.07) is 8.32. The van der Waals surface area contributed by atoms with Crippen LogP contribution in [0.1, 0.15) is 31.2 Å². The second kappa shape index (κ2) is 5.31. The van der Waals surface area contributed by atoms with Gasteiger partial charge in [0.2, 0.25) is 0 Å². The molecule has 0 N–H and O–H groups in total. The summed E-state index contributed by atoms with van der Waals surface area (Å²) >= 11 is 0. The van der Waals surface area contributed by atoms with Gasteiger partial charge in [0.05, 0.1) is 7.11 Å². The van der Waals surface area contributed by atoms with Crippen molar-refractivity contribution in [3.63, 3.8) is 0 Å². The lowest BCUT2D eigenvalue weighted by atomic mass is 9.78. The van der Waals surface area contributed by atoms with Gasteiger partial charge in [0.15, 0.2) is 5.78 Å². The van der Waals surface area contributed by atoms with Crippen LogP contribution in [0.5, 0.6) is 5.75 Å². The molecule has 0 bridgehead atoms. The fraction of sp³-hybridized carbons (Fsp3) is 0.471. The lowest BCUT2D eigenvalue weighted by Gasteiger charge is -2.42. The van der Waals surface area contributed by atoms with Crippen LogP contribution in [0, 0.1) is 5.92 Å². The Morgan fingerprint density at radius 2 is 1.85 bits per heavy atom. The summed E-state index contributed by atoms with van der Waals surface area (Å²) in [6.07, 6.45) is 6.41. The molecule has 2 atom stereocenters. The average molecular weight is 271 g/mol. The van der Waals surface area contributed by atoms with Crippen molar-refractivity contribution in [3.05, 3.63) is 35.9 Å². The zero-order valence-corrected chi connectivity index (χ0v) is 12.1. The van der Waals surface area contributed by atoms with Crippen LogP contribution in [0.4, 0.5) is 0 Å². The van der Waals surface area contributed by atoms with Gasteiger partial charge in [-0.15, -0.1) is 0 Å². The highest BCUT2D eigenvalue weighted by Gasteiger charge is 2.37. The molecule has 2 aliphatic rings. The molecule has 1 saturated carbocycles. The van der Waals surface area contributed by atoms with E-state index >= 15 is 0 Å². The van der Waals surface area contributed by atoms with Crippen molar-refractivity contribution >= 4 is 11.5 Å². The Morgan fingerprint density at radius 3 is 2.55 bits per heavy atom. The molecule has 20 heavy (non-hydrogen) atoms. The molecule has 3 nitrogen and oxygen atoms in total. The van der Waals surface area contributed by atoms with Crippen molar-refractivity contribution in [3.8, 4) is 5.75 Å². The maximum atomic E-state index is 12.4. The van der Waals surface area contributed by atoms with Crippen LogP contribution in [0.2, 0.25) is 0 Å². The number of allylic oxidation sites excluding steroid dienone is 1. The second-order valence-corrected chi connectivity index (χ2v) is 5.73. The second-order valence-electron chi connectivity index (χ2n) is 5.73. The third kappa shape index (κ3) is 2.21. The van der Waals surface area contributed by atoms with E-state index in [2.05, 4.69) is 11.9 Å². The maximum absolute atomic E-state index is 12.4. The molecule has 3 rings (SSSR count). The highest BCUT2D eigenvalue weighted by molar-refractivity contribution is 6.00. The van der Waals surface area contributed by atoms with E-state index in [1.54, 1.807) is 7.11 Å². The van der Waals surface area contributed by atoms with Crippen molar-refractivity contribution in [2.24, 2.45) is 5.92 Å². The molecule has 0 radical (unpaired) electrons. The van der Waals surface area contributed by atoms with Gasteiger partial charge < -0.3 is 9.64 Å². The average Bonchev–Trinajstić information content (AvgIpc) is 2.51. The smallest absolute Gasteiger partial charge is 0.162 e. The molecular formula is C17H21NO2. The van der Waals surface area contributed by atoms with Crippen LogP contribution in [-0.2, 0) is 4.79 Å². The number of hydrogen-bond acceptors (Lipinski definition) is 3. The Hall–Kier alpha value is -1.77. The Kier molecular flexibility index (Phi) is 3.51. The number of hydrogen-bond donors (Lipinski definition) is 0. The monoisotopic (exact) mass is 271 g/mol. The number of nitrogens with zero attached hydrogens (tertiary/aromatic N) is 1. The molecule has 1 fully saturated rings. The number of fused-ring (bicyclic) bond motifs is 1. The lowest BCUT2D eigenvalue weighted by molar-refractivity contribution is -0.121. The molecule has 1 aliphatic carbocycles. The number of carbonyl (C=O) groups is 1. The van der Waals surface area contributed by atoms with Gasteiger partial charge in [-0.3, -0.25) is 4.79 Å². The van der Waals surface area contributed by atoms with Crippen molar-refractivity contribution in [1.29, 1.82) is 0 Å². The molecule has 0 saturated heterocycles. The number of rotatable bonds is 2. The summed E-state index contributed by atoms with van der Waals surface area (Å²) in [5.74, 6) is 1.35. The van der Waals surface area contributed by atoms with E-state index in [1.165, 1.54) is 12.8 Å². The van der Waals surface area contributed by atoms with Gasteiger partial charge in [-0.05, 0) is 42.7 Å². The van der Waals surface area contributed by atoms with Crippen molar-refractivity contribution < 1.29 is 9.53 Å². The highest BCUT2D eigenvalue weighted by Crippen LogP contribution is 2.37. The Balaban J connectivity index is 1.93. The first-order chi connectivity index (χ1) is 9.70. The molecule has 0 unspecified atom stereocenters. The van der Waals surface area contributed by atoms with E-state index in [1.807, 2.05) is 30.3 Å². The summed E-state index contributed by atoms with van der Waals surface area (Å²) in [5.41, 5.74) is 2.13. The van der Waals surface area contributed by atoms with E-state index in [0.29, 0.717) is 11.8 Å². The normalized spacial score (nSPS) is 26.0. The third-order valence-corrected chi connectivity index (χ3v) is 4.64. The first kappa shape index (κ1) is 13.2. The fourth-order valence-corrected chi connectivity index (χ4v) is 3.48. The summed E-state index contributed by atoms with van der Waals surface area (Å²) in [4.78, 5) is 14.7. The number of benzene rings is 1. The largest absolute Gasteiger partial charge is 0.497 e. The Labute approximate surface area is 120 Å². The lowest BCUT2D eigenvalue weighted by Crippen LogP contribution is -2.45. The van der Waals surface area contributed by atoms with E-state index < -0.39 is 0 Å². The van der Waals surface area contributed by atoms with Gasteiger partial charge >= 0.3 is 0 Å². The van der Waals surface area contributed by atoms with Gasteiger partial charge in [0.1, 0.15) is 5.75 Å². The summed E-state index contributed by atoms with van der Waals surface area (Å²) in [7, 11) is 3.78. The summed E-state index contributed by atoms with van der Waals surface area (Å²) < 4.78 is 5.19. The van der Waals surface area contributed by atoms with Crippen LogP contribution in [0.3, 0.4) is 0 Å². The molecule has 0 spiro atoms. The van der Waals surface area contributed by atoms with E-state index in [0.717, 1.165) is 29.9 Å². The molecule has 1 aromatic rings. The third-order valence-electron chi connectivity index (χ3n) is 4.64. The summed E-state index contributed by atoms with van der Waals surface area (Å²) in [6.45, 7) is 0. The minimum atomic E-state index is 0.204. The highest BCUT2D eigenvalue weighted by atomic mass is 16.5. The number of carbonyl (C=O) groups excluding carboxylic acids is 1. The van der Waals surface area contributed by atoms with Crippen LogP contribution in [0.25, 0.3) is 5.70 Å². The van der Waals surface area contributed by atoms with E-state index in [9.17, 15) is 4.79 Å². The fourth-order valence-electron chi connectivity index (χ4n) is 3.48. The molecular weight excluding hydrogens is 250 g/mol. The van der Waals surface area contributed by atoms with Crippen molar-refractivity contribution in [2.75, 3.05) is 14.2 Å². The first-order valence-electron chi connectivity index (χ1n) is 7.33. The van der Waals surface area contributed by atoms with Crippen molar-refractivity contribution in [1.82, 2.24) is 4.90 Å². The number of ketones is 1. The molecule has 3 heteroatoms. The zero-order valence-electron chi connectivity index (χ0n) is 12.1. The van der Waals surface area contributed by atoms with Gasteiger partial charge in [-0.2, -0.15) is 0 Å². The SMILES string of the molecule is COc1ccc(C2=CC(=O)[C@@H]3CCCC[C@H]3N2C)cc1. The van der Waals surface area contributed by atoms with E-state index in [4.69, 9.17) is 4.74 Å². The van der Waals surface area contributed by atoms with Gasteiger partial charge in [-0.25, -0.2) is 0 Å². The predicted octanol–water partition coefficient (Wildman–Crippen LogP) is 3.11. The van der Waals surface area contributed by atoms with Crippen LogP contribution in [-0.4, -0.2) is 30.9 Å². The first-order valence-corrected chi connectivity index (χ1v) is 7.33. The quantitative estimate of drug-likeness (QED) is 0.827. The standard InChI is InChI=1S/C17H21NO2/c1-18-15-6-4-3-5-14(15)17(19)11-16(18)12-7-9-13(20-2)10-8-12/h7-11,14-15H,3-6H2,1-2H3/t14-,15-/m1/s1. The molecule has 1 heterocycles. The summed E-state index contributed by atoms with van der Waals surface area (Å²) in [5, 5.41) is 0. The molecule has 106 valence electrons. The minimum absolute atomic E-state index is 0.204. The van der Waals surface area contributed by atoms with Crippen LogP contribution in [0.15, 0.2) is 30.3 Å². The van der Waals surface area contributed by atoms with E-state index in [-0.39, 0.29) is 5.92 Å². The number of methoxy groups -OCH3 is 1. The van der Waals surface area contributed by atoms with Crippen LogP contribution < -0.4 is 4.74 Å². The molecule has 0 amide bonds. The molecule has 1 aromatic carbocycles. The zero-order chi connectivity index (χ0) is 14.1.